The zero-order chi connectivity index (χ0) is 23.9. The van der Waals surface area contributed by atoms with Crippen LogP contribution in [-0.4, -0.2) is 32.6 Å². The first-order valence-electron chi connectivity index (χ1n) is 9.82. The highest BCUT2D eigenvalue weighted by atomic mass is 35.5. The first kappa shape index (κ1) is 22.7. The minimum absolute atomic E-state index is 0.0774. The number of alkyl halides is 3. The van der Waals surface area contributed by atoms with Gasteiger partial charge in [0.05, 0.1) is 52.2 Å². The summed E-state index contributed by atoms with van der Waals surface area (Å²) in [7, 11) is 1.31. The zero-order valence-corrected chi connectivity index (χ0v) is 18.6. The Morgan fingerprint density at radius 2 is 1.91 bits per heavy atom. The number of esters is 1. The summed E-state index contributed by atoms with van der Waals surface area (Å²) in [6.07, 6.45) is -2.23. The van der Waals surface area contributed by atoms with Gasteiger partial charge in [0.1, 0.15) is 5.82 Å². The first-order valence-corrected chi connectivity index (χ1v) is 10.2. The van der Waals surface area contributed by atoms with Crippen molar-refractivity contribution in [2.45, 2.75) is 26.6 Å². The number of carbonyl (C=O) groups is 1. The second-order valence-corrected chi connectivity index (χ2v) is 7.88. The summed E-state index contributed by atoms with van der Waals surface area (Å²) < 4.78 is 45.5. The van der Waals surface area contributed by atoms with Gasteiger partial charge in [-0.25, -0.2) is 9.78 Å². The molecule has 10 heteroatoms. The molecule has 0 saturated heterocycles. The quantitative estimate of drug-likeness (QED) is 0.359. The molecule has 3 heterocycles. The van der Waals surface area contributed by atoms with E-state index in [1.807, 2.05) is 23.6 Å². The highest BCUT2D eigenvalue weighted by Crippen LogP contribution is 2.32. The first-order chi connectivity index (χ1) is 15.6. The van der Waals surface area contributed by atoms with Crippen LogP contribution < -0.4 is 0 Å². The van der Waals surface area contributed by atoms with Crippen molar-refractivity contribution in [1.82, 2.24) is 19.5 Å². The fourth-order valence-corrected chi connectivity index (χ4v) is 3.80. The summed E-state index contributed by atoms with van der Waals surface area (Å²) >= 11 is 6.13. The number of ether oxygens (including phenoxy) is 1. The van der Waals surface area contributed by atoms with Crippen LogP contribution in [0.15, 0.2) is 42.7 Å². The summed E-state index contributed by atoms with van der Waals surface area (Å²) in [5.74, 6) is 0.180. The van der Waals surface area contributed by atoms with Crippen LogP contribution in [0.25, 0.3) is 22.3 Å². The number of hydrogen-bond donors (Lipinski definition) is 0. The van der Waals surface area contributed by atoms with Gasteiger partial charge in [-0.3, -0.25) is 9.97 Å². The average Bonchev–Trinajstić information content (AvgIpc) is 3.09. The van der Waals surface area contributed by atoms with E-state index in [1.54, 1.807) is 19.1 Å². The van der Waals surface area contributed by atoms with E-state index in [0.717, 1.165) is 34.4 Å². The molecule has 4 rings (SSSR count). The number of imidazole rings is 1. The number of methoxy groups -OCH3 is 1. The Morgan fingerprint density at radius 1 is 1.15 bits per heavy atom. The van der Waals surface area contributed by atoms with Gasteiger partial charge in [0.2, 0.25) is 0 Å². The Balaban J connectivity index is 1.79. The number of aryl methyl sites for hydroxylation is 2. The molecule has 0 radical (unpaired) electrons. The summed E-state index contributed by atoms with van der Waals surface area (Å²) in [6.45, 7) is 3.83. The van der Waals surface area contributed by atoms with Crippen LogP contribution in [0.5, 0.6) is 0 Å². The van der Waals surface area contributed by atoms with Crippen molar-refractivity contribution in [3.8, 4) is 11.3 Å². The lowest BCUT2D eigenvalue weighted by Gasteiger charge is -2.12. The van der Waals surface area contributed by atoms with Crippen LogP contribution in [0.3, 0.4) is 0 Å². The standard InChI is InChI=1S/C23H18ClF3N4O2/c1-12-6-15(18-7-14(4-5-28-18)22(32)33-3)8-20-21(12)30-13(2)31(20)11-19-17(24)9-16(10-29-19)23(25,26)27/h4-10H,11H2,1-3H3. The lowest BCUT2D eigenvalue weighted by Crippen LogP contribution is -2.09. The molecule has 0 fully saturated rings. The lowest BCUT2D eigenvalue weighted by molar-refractivity contribution is -0.137. The molecule has 6 nitrogen and oxygen atoms in total. The topological polar surface area (TPSA) is 69.9 Å². The van der Waals surface area contributed by atoms with Gasteiger partial charge in [0.25, 0.3) is 0 Å². The lowest BCUT2D eigenvalue weighted by atomic mass is 10.0. The Labute approximate surface area is 192 Å². The normalized spacial score (nSPS) is 11.7. The molecule has 0 atom stereocenters. The van der Waals surface area contributed by atoms with Gasteiger partial charge >= 0.3 is 12.1 Å². The molecule has 0 aliphatic carbocycles. The van der Waals surface area contributed by atoms with E-state index < -0.39 is 17.7 Å². The summed E-state index contributed by atoms with van der Waals surface area (Å²) in [5.41, 5.74) is 3.43. The fraction of sp³-hybridized carbons (Fsp3) is 0.217. The van der Waals surface area contributed by atoms with Crippen molar-refractivity contribution in [2.24, 2.45) is 0 Å². The fourth-order valence-electron chi connectivity index (χ4n) is 3.58. The monoisotopic (exact) mass is 474 g/mol. The maximum absolute atomic E-state index is 13.0. The zero-order valence-electron chi connectivity index (χ0n) is 17.9. The van der Waals surface area contributed by atoms with Crippen molar-refractivity contribution < 1.29 is 22.7 Å². The number of aromatic nitrogens is 4. The van der Waals surface area contributed by atoms with E-state index in [1.165, 1.54) is 13.3 Å². The van der Waals surface area contributed by atoms with E-state index in [9.17, 15) is 18.0 Å². The molecular formula is C23H18ClF3N4O2. The molecule has 0 saturated carbocycles. The molecule has 4 aromatic rings. The number of benzene rings is 1. The van der Waals surface area contributed by atoms with Gasteiger partial charge in [-0.1, -0.05) is 11.6 Å². The van der Waals surface area contributed by atoms with E-state index in [2.05, 4.69) is 15.0 Å². The van der Waals surface area contributed by atoms with Crippen molar-refractivity contribution >= 4 is 28.6 Å². The number of hydrogen-bond acceptors (Lipinski definition) is 5. The maximum atomic E-state index is 13.0. The highest BCUT2D eigenvalue weighted by Gasteiger charge is 2.31. The summed E-state index contributed by atoms with van der Waals surface area (Å²) in [6, 6.07) is 7.84. The molecule has 0 aliphatic rings. The minimum atomic E-state index is -4.52. The number of fused-ring (bicyclic) bond motifs is 1. The SMILES string of the molecule is COC(=O)c1ccnc(-c2cc(C)c3nc(C)n(Cc4ncc(C(F)(F)F)cc4Cl)c3c2)c1. The molecule has 0 aliphatic heterocycles. The van der Waals surface area contributed by atoms with Crippen molar-refractivity contribution in [3.63, 3.8) is 0 Å². The molecule has 0 spiro atoms. The van der Waals surface area contributed by atoms with Crippen LogP contribution >= 0.6 is 11.6 Å². The number of nitrogens with zero attached hydrogens (tertiary/aromatic N) is 4. The van der Waals surface area contributed by atoms with Gasteiger partial charge in [-0.05, 0) is 49.7 Å². The molecule has 0 bridgehead atoms. The van der Waals surface area contributed by atoms with Crippen molar-refractivity contribution in [1.29, 1.82) is 0 Å². The largest absolute Gasteiger partial charge is 0.465 e. The van der Waals surface area contributed by atoms with Crippen molar-refractivity contribution in [2.75, 3.05) is 7.11 Å². The number of pyridine rings is 2. The maximum Gasteiger partial charge on any atom is 0.417 e. The van der Waals surface area contributed by atoms with Crippen LogP contribution in [0.1, 0.15) is 33.0 Å². The molecule has 0 unspecified atom stereocenters. The molecule has 1 aromatic carbocycles. The van der Waals surface area contributed by atoms with E-state index in [-0.39, 0.29) is 11.6 Å². The molecule has 0 amide bonds. The van der Waals surface area contributed by atoms with Crippen LogP contribution in [0, 0.1) is 13.8 Å². The third-order valence-electron chi connectivity index (χ3n) is 5.26. The molecule has 170 valence electrons. The molecule has 3 aromatic heterocycles. The van der Waals surface area contributed by atoms with E-state index in [4.69, 9.17) is 16.3 Å². The second kappa shape index (κ2) is 8.47. The Kier molecular flexibility index (Phi) is 5.84. The summed E-state index contributed by atoms with van der Waals surface area (Å²) in [4.78, 5) is 24.8. The predicted molar refractivity (Wildman–Crippen MR) is 117 cm³/mol. The van der Waals surface area contributed by atoms with E-state index >= 15 is 0 Å². The van der Waals surface area contributed by atoms with Gasteiger partial charge < -0.3 is 9.30 Å². The molecule has 33 heavy (non-hydrogen) atoms. The average molecular weight is 475 g/mol. The van der Waals surface area contributed by atoms with Gasteiger partial charge in [-0.15, -0.1) is 0 Å². The van der Waals surface area contributed by atoms with E-state index in [0.29, 0.717) is 22.8 Å². The van der Waals surface area contributed by atoms with Crippen LogP contribution in [0.2, 0.25) is 5.02 Å². The smallest absolute Gasteiger partial charge is 0.417 e. The molecular weight excluding hydrogens is 457 g/mol. The third-order valence-corrected chi connectivity index (χ3v) is 5.59. The number of halogens is 4. The highest BCUT2D eigenvalue weighted by molar-refractivity contribution is 6.31. The predicted octanol–water partition coefficient (Wildman–Crippen LogP) is 5.62. The summed E-state index contributed by atoms with van der Waals surface area (Å²) in [5, 5.41) is -0.0774. The Bertz CT molecular complexity index is 1380. The Hall–Kier alpha value is -3.46. The number of rotatable bonds is 4. The van der Waals surface area contributed by atoms with Crippen molar-refractivity contribution in [3.05, 3.63) is 76.0 Å². The third kappa shape index (κ3) is 4.41. The van der Waals surface area contributed by atoms with Gasteiger partial charge in [0.15, 0.2) is 0 Å². The van der Waals surface area contributed by atoms with Gasteiger partial charge in [0, 0.05) is 18.0 Å². The molecule has 0 N–H and O–H groups in total. The van der Waals surface area contributed by atoms with Crippen LogP contribution in [0.4, 0.5) is 13.2 Å². The Morgan fingerprint density at radius 3 is 2.58 bits per heavy atom. The number of carbonyl (C=O) groups excluding carboxylic acids is 1. The van der Waals surface area contributed by atoms with Gasteiger partial charge in [-0.2, -0.15) is 13.2 Å². The van der Waals surface area contributed by atoms with Crippen LogP contribution in [-0.2, 0) is 17.5 Å². The second-order valence-electron chi connectivity index (χ2n) is 7.48. The minimum Gasteiger partial charge on any atom is -0.465 e.